The van der Waals surface area contributed by atoms with Crippen LogP contribution in [0.3, 0.4) is 0 Å². The highest BCUT2D eigenvalue weighted by Gasteiger charge is 2.32. The lowest BCUT2D eigenvalue weighted by atomic mass is 9.88. The summed E-state index contributed by atoms with van der Waals surface area (Å²) in [6.45, 7) is 4.64. The van der Waals surface area contributed by atoms with Gasteiger partial charge in [0.1, 0.15) is 0 Å². The lowest BCUT2D eigenvalue weighted by Crippen LogP contribution is -2.49. The van der Waals surface area contributed by atoms with Crippen molar-refractivity contribution in [2.45, 2.75) is 108 Å². The van der Waals surface area contributed by atoms with Gasteiger partial charge in [0.25, 0.3) is 5.91 Å². The normalized spacial score (nSPS) is 18.2. The second kappa shape index (κ2) is 12.6. The molecule has 2 saturated carbocycles. The number of hydrogen-bond donors (Lipinski definition) is 1. The molecule has 0 bridgehead atoms. The Balaban J connectivity index is 1.41. The molecule has 1 aromatic carbocycles. The SMILES string of the molecule is CCn1c(SCC(=O)N(C2CCCCC2)C2CCCCC2)nnc1[C@@H](C)NC(=O)c1ccccc1. The van der Waals surface area contributed by atoms with Gasteiger partial charge in [0.2, 0.25) is 5.91 Å². The van der Waals surface area contributed by atoms with Crippen molar-refractivity contribution in [1.29, 1.82) is 0 Å². The van der Waals surface area contributed by atoms with Crippen LogP contribution >= 0.6 is 11.8 Å². The Bertz CT molecular complexity index is 949. The standard InChI is InChI=1S/C27H39N5O2S/c1-3-31-25(20(2)28-26(34)21-13-7-4-8-14-21)29-30-27(31)35-19-24(33)32(22-15-9-5-10-16-22)23-17-11-6-12-18-23/h4,7-8,13-14,20,22-23H,3,5-6,9-12,15-19H2,1-2H3,(H,28,34)/t20-/m1/s1. The van der Waals surface area contributed by atoms with E-state index in [1.807, 2.05) is 36.6 Å². The third kappa shape index (κ3) is 6.46. The second-order valence-corrected chi connectivity index (χ2v) is 10.8. The smallest absolute Gasteiger partial charge is 0.251 e. The summed E-state index contributed by atoms with van der Waals surface area (Å²) in [4.78, 5) is 28.4. The van der Waals surface area contributed by atoms with Crippen molar-refractivity contribution in [3.05, 3.63) is 41.7 Å². The first kappa shape index (κ1) is 25.7. The average Bonchev–Trinajstić information content (AvgIpc) is 3.32. The molecule has 0 aliphatic heterocycles. The number of nitrogens with zero attached hydrogens (tertiary/aromatic N) is 4. The molecule has 7 nitrogen and oxygen atoms in total. The second-order valence-electron chi connectivity index (χ2n) is 9.82. The molecule has 8 heteroatoms. The van der Waals surface area contributed by atoms with Gasteiger partial charge in [0.15, 0.2) is 11.0 Å². The number of rotatable bonds is 9. The van der Waals surface area contributed by atoms with Gasteiger partial charge in [-0.15, -0.1) is 10.2 Å². The van der Waals surface area contributed by atoms with Gasteiger partial charge >= 0.3 is 0 Å². The number of carbonyl (C=O) groups is 2. The molecule has 35 heavy (non-hydrogen) atoms. The summed E-state index contributed by atoms with van der Waals surface area (Å²) < 4.78 is 2.01. The Kier molecular flexibility index (Phi) is 9.24. The number of carbonyl (C=O) groups excluding carboxylic acids is 2. The summed E-state index contributed by atoms with van der Waals surface area (Å²) >= 11 is 1.48. The average molecular weight is 498 g/mol. The molecule has 2 aromatic rings. The van der Waals surface area contributed by atoms with Crippen molar-refractivity contribution < 1.29 is 9.59 Å². The van der Waals surface area contributed by atoms with Crippen LogP contribution in [0.15, 0.2) is 35.5 Å². The highest BCUT2D eigenvalue weighted by molar-refractivity contribution is 7.99. The highest BCUT2D eigenvalue weighted by Crippen LogP contribution is 2.31. The summed E-state index contributed by atoms with van der Waals surface area (Å²) in [6.07, 6.45) is 12.1. The Morgan fingerprint density at radius 2 is 1.60 bits per heavy atom. The topological polar surface area (TPSA) is 80.1 Å². The minimum absolute atomic E-state index is 0.135. The fraction of sp³-hybridized carbons (Fsp3) is 0.630. The Morgan fingerprint density at radius 3 is 2.17 bits per heavy atom. The van der Waals surface area contributed by atoms with Gasteiger partial charge in [-0.05, 0) is 51.7 Å². The van der Waals surface area contributed by atoms with E-state index in [1.54, 1.807) is 12.1 Å². The molecule has 1 aromatic heterocycles. The van der Waals surface area contributed by atoms with Gasteiger partial charge < -0.3 is 14.8 Å². The minimum atomic E-state index is -0.291. The van der Waals surface area contributed by atoms with Crippen LogP contribution in [-0.2, 0) is 11.3 Å². The molecule has 190 valence electrons. The van der Waals surface area contributed by atoms with Gasteiger partial charge in [-0.2, -0.15) is 0 Å². The lowest BCUT2D eigenvalue weighted by molar-refractivity contribution is -0.135. The fourth-order valence-corrected chi connectivity index (χ4v) is 6.46. The van der Waals surface area contributed by atoms with Crippen LogP contribution in [0.5, 0.6) is 0 Å². The zero-order valence-electron chi connectivity index (χ0n) is 21.1. The van der Waals surface area contributed by atoms with Gasteiger partial charge in [-0.1, -0.05) is 68.5 Å². The number of aromatic nitrogens is 3. The van der Waals surface area contributed by atoms with Crippen LogP contribution in [0.2, 0.25) is 0 Å². The molecule has 1 N–H and O–H groups in total. The van der Waals surface area contributed by atoms with Crippen LogP contribution in [0.4, 0.5) is 0 Å². The van der Waals surface area contributed by atoms with Crippen molar-refractivity contribution in [3.63, 3.8) is 0 Å². The van der Waals surface area contributed by atoms with Gasteiger partial charge in [-0.3, -0.25) is 9.59 Å². The molecule has 2 aliphatic carbocycles. The predicted molar refractivity (Wildman–Crippen MR) is 139 cm³/mol. The maximum absolute atomic E-state index is 13.5. The first-order valence-corrected chi connectivity index (χ1v) is 14.3. The Hall–Kier alpha value is -2.35. The van der Waals surface area contributed by atoms with Gasteiger partial charge in [0, 0.05) is 24.2 Å². The number of thioether (sulfide) groups is 1. The summed E-state index contributed by atoms with van der Waals surface area (Å²) in [7, 11) is 0. The van der Waals surface area contributed by atoms with E-state index in [2.05, 4.69) is 20.4 Å². The molecular weight excluding hydrogens is 458 g/mol. The van der Waals surface area contributed by atoms with Crippen molar-refractivity contribution in [2.75, 3.05) is 5.75 Å². The van der Waals surface area contributed by atoms with E-state index >= 15 is 0 Å². The predicted octanol–water partition coefficient (Wildman–Crippen LogP) is 5.38. The maximum atomic E-state index is 13.5. The molecule has 1 atom stereocenters. The molecule has 2 aliphatic rings. The quantitative estimate of drug-likeness (QED) is 0.471. The largest absolute Gasteiger partial charge is 0.342 e. The van der Waals surface area contributed by atoms with E-state index in [0.29, 0.717) is 35.8 Å². The molecule has 0 spiro atoms. The summed E-state index contributed by atoms with van der Waals surface area (Å²) in [6, 6.07) is 9.69. The molecule has 0 radical (unpaired) electrons. The van der Waals surface area contributed by atoms with E-state index in [0.717, 1.165) is 30.8 Å². The molecule has 1 heterocycles. The molecule has 4 rings (SSSR count). The van der Waals surface area contributed by atoms with Crippen molar-refractivity contribution in [3.8, 4) is 0 Å². The number of nitrogens with one attached hydrogen (secondary N) is 1. The van der Waals surface area contributed by atoms with E-state index in [-0.39, 0.29) is 17.9 Å². The third-order valence-electron chi connectivity index (χ3n) is 7.38. The van der Waals surface area contributed by atoms with E-state index in [9.17, 15) is 9.59 Å². The van der Waals surface area contributed by atoms with Gasteiger partial charge in [-0.25, -0.2) is 0 Å². The fourth-order valence-electron chi connectivity index (χ4n) is 5.58. The van der Waals surface area contributed by atoms with E-state index < -0.39 is 0 Å². The molecular formula is C27H39N5O2S. The first-order valence-electron chi connectivity index (χ1n) is 13.3. The van der Waals surface area contributed by atoms with E-state index in [4.69, 9.17) is 0 Å². The van der Waals surface area contributed by atoms with Crippen LogP contribution in [-0.4, -0.2) is 49.3 Å². The van der Waals surface area contributed by atoms with Crippen molar-refractivity contribution in [1.82, 2.24) is 25.0 Å². The molecule has 0 unspecified atom stereocenters. The van der Waals surface area contributed by atoms with Crippen molar-refractivity contribution in [2.24, 2.45) is 0 Å². The summed E-state index contributed by atoms with van der Waals surface area (Å²) in [5.41, 5.74) is 0.618. The lowest BCUT2D eigenvalue weighted by Gasteiger charge is -2.41. The van der Waals surface area contributed by atoms with Crippen LogP contribution < -0.4 is 5.32 Å². The zero-order chi connectivity index (χ0) is 24.6. The highest BCUT2D eigenvalue weighted by atomic mass is 32.2. The summed E-state index contributed by atoms with van der Waals surface area (Å²) in [5, 5.41) is 12.5. The molecule has 2 amide bonds. The summed E-state index contributed by atoms with van der Waals surface area (Å²) in [5.74, 6) is 1.20. The third-order valence-corrected chi connectivity index (χ3v) is 8.33. The van der Waals surface area contributed by atoms with Crippen molar-refractivity contribution >= 4 is 23.6 Å². The first-order chi connectivity index (χ1) is 17.1. The molecule has 2 fully saturated rings. The van der Waals surface area contributed by atoms with Crippen LogP contribution in [0, 0.1) is 0 Å². The number of hydrogen-bond acceptors (Lipinski definition) is 5. The van der Waals surface area contributed by atoms with Gasteiger partial charge in [0.05, 0.1) is 11.8 Å². The van der Waals surface area contributed by atoms with Crippen LogP contribution in [0.1, 0.15) is 100 Å². The van der Waals surface area contributed by atoms with E-state index in [1.165, 1.54) is 50.3 Å². The maximum Gasteiger partial charge on any atom is 0.251 e. The Labute approximate surface area is 213 Å². The molecule has 0 saturated heterocycles. The Morgan fingerprint density at radius 1 is 1.00 bits per heavy atom. The zero-order valence-corrected chi connectivity index (χ0v) is 21.9. The van der Waals surface area contributed by atoms with Crippen LogP contribution in [0.25, 0.3) is 0 Å². The number of amides is 2. The number of benzene rings is 1. The minimum Gasteiger partial charge on any atom is -0.342 e. The monoisotopic (exact) mass is 497 g/mol.